The molecular formula is C25H21F3N4O2S. The van der Waals surface area contributed by atoms with Gasteiger partial charge in [0.05, 0.1) is 11.4 Å². The summed E-state index contributed by atoms with van der Waals surface area (Å²) in [6.07, 6.45) is -0.257. The smallest absolute Gasteiger partial charge is 0.271 e. The predicted molar refractivity (Wildman–Crippen MR) is 129 cm³/mol. The highest BCUT2D eigenvalue weighted by atomic mass is 32.2. The van der Waals surface area contributed by atoms with Gasteiger partial charge in [-0.25, -0.2) is 9.82 Å². The Hall–Kier alpha value is -3.63. The lowest BCUT2D eigenvalue weighted by atomic mass is 9.74. The number of rotatable bonds is 4. The first-order chi connectivity index (χ1) is 16.4. The largest absolute Gasteiger partial charge is 0.435 e. The summed E-state index contributed by atoms with van der Waals surface area (Å²) in [5, 5.41) is 11.1. The zero-order valence-corrected chi connectivity index (χ0v) is 19.4. The fraction of sp³-hybridized carbons (Fsp3) is 0.160. The quantitative estimate of drug-likeness (QED) is 0.406. The number of anilines is 1. The molecule has 0 saturated heterocycles. The second-order valence-corrected chi connectivity index (χ2v) is 10.1. The highest BCUT2D eigenvalue weighted by molar-refractivity contribution is 7.90. The van der Waals surface area contributed by atoms with Gasteiger partial charge in [-0.3, -0.25) is 4.72 Å². The Labute approximate surface area is 200 Å². The topological polar surface area (TPSA) is 90.0 Å². The lowest BCUT2D eigenvalue weighted by Gasteiger charge is -2.31. The van der Waals surface area contributed by atoms with Crippen molar-refractivity contribution in [3.8, 4) is 5.69 Å². The standard InChI is InChI=1S/C25H21F3N4O2S/c1-24(13-12-21-17(15-24)7-6-16-4-2-3-5-20(16)21)23-14-22(25(26,27)28)30-32(23)19-10-8-18(9-11-19)31-35(29,33)34/h2-14,31H,15H2,1H3,(H2,29,33,34). The number of halogens is 3. The molecule has 1 aliphatic rings. The number of nitrogens with zero attached hydrogens (tertiary/aromatic N) is 2. The number of nitrogens with two attached hydrogens (primary N) is 1. The second kappa shape index (κ2) is 7.96. The SMILES string of the molecule is CC1(c2cc(C(F)(F)F)nn2-c2ccc(NS(N)(=O)=O)cc2)C=Cc2c(ccc3ccccc23)C1. The van der Waals surface area contributed by atoms with Crippen LogP contribution in [0.25, 0.3) is 22.5 Å². The lowest BCUT2D eigenvalue weighted by molar-refractivity contribution is -0.141. The van der Waals surface area contributed by atoms with Crippen LogP contribution >= 0.6 is 0 Å². The Bertz CT molecular complexity index is 1570. The molecule has 180 valence electrons. The summed E-state index contributed by atoms with van der Waals surface area (Å²) in [6, 6.07) is 18.9. The van der Waals surface area contributed by atoms with E-state index in [-0.39, 0.29) is 5.69 Å². The average molecular weight is 499 g/mol. The molecule has 0 bridgehead atoms. The third kappa shape index (κ3) is 4.42. The van der Waals surface area contributed by atoms with E-state index >= 15 is 0 Å². The summed E-state index contributed by atoms with van der Waals surface area (Å²) in [5.74, 6) is 0. The van der Waals surface area contributed by atoms with Crippen LogP contribution in [-0.2, 0) is 28.2 Å². The van der Waals surface area contributed by atoms with Gasteiger partial charge in [0.15, 0.2) is 5.69 Å². The highest BCUT2D eigenvalue weighted by Gasteiger charge is 2.39. The maximum absolute atomic E-state index is 13.7. The summed E-state index contributed by atoms with van der Waals surface area (Å²) in [7, 11) is -3.98. The van der Waals surface area contributed by atoms with Crippen molar-refractivity contribution < 1.29 is 21.6 Å². The molecule has 6 nitrogen and oxygen atoms in total. The van der Waals surface area contributed by atoms with E-state index in [0.717, 1.165) is 28.0 Å². The van der Waals surface area contributed by atoms with Crippen molar-refractivity contribution in [2.75, 3.05) is 4.72 Å². The van der Waals surface area contributed by atoms with Crippen LogP contribution in [0.1, 0.15) is 29.4 Å². The molecule has 3 N–H and O–H groups in total. The number of nitrogens with one attached hydrogen (secondary N) is 1. The summed E-state index contributed by atoms with van der Waals surface area (Å²) in [6.45, 7) is 1.88. The van der Waals surface area contributed by atoms with E-state index in [4.69, 9.17) is 5.14 Å². The molecule has 4 aromatic rings. The normalized spacial score (nSPS) is 18.0. The van der Waals surface area contributed by atoms with E-state index < -0.39 is 27.5 Å². The number of hydrogen-bond acceptors (Lipinski definition) is 3. The van der Waals surface area contributed by atoms with Gasteiger partial charge in [0, 0.05) is 11.1 Å². The van der Waals surface area contributed by atoms with Gasteiger partial charge in [0.25, 0.3) is 10.2 Å². The summed E-state index contributed by atoms with van der Waals surface area (Å²) < 4.78 is 66.9. The molecule has 0 radical (unpaired) electrons. The molecule has 1 aliphatic carbocycles. The van der Waals surface area contributed by atoms with Gasteiger partial charge >= 0.3 is 6.18 Å². The number of hydrogen-bond donors (Lipinski definition) is 2. The minimum absolute atomic E-state index is 0.186. The molecule has 1 heterocycles. The van der Waals surface area contributed by atoms with Crippen molar-refractivity contribution in [2.24, 2.45) is 5.14 Å². The van der Waals surface area contributed by atoms with E-state index in [2.05, 4.69) is 9.82 Å². The van der Waals surface area contributed by atoms with Gasteiger partial charge in [-0.15, -0.1) is 0 Å². The fourth-order valence-electron chi connectivity index (χ4n) is 4.55. The minimum Gasteiger partial charge on any atom is -0.271 e. The molecule has 5 rings (SSSR count). The summed E-state index contributed by atoms with van der Waals surface area (Å²) >= 11 is 0. The van der Waals surface area contributed by atoms with Gasteiger partial charge in [-0.05, 0) is 58.7 Å². The van der Waals surface area contributed by atoms with Crippen LogP contribution < -0.4 is 9.86 Å². The van der Waals surface area contributed by atoms with Crippen LogP contribution in [0.3, 0.4) is 0 Å². The Morgan fingerprint density at radius 1 is 1.06 bits per heavy atom. The van der Waals surface area contributed by atoms with Crippen LogP contribution in [0, 0.1) is 0 Å². The molecule has 0 aliphatic heterocycles. The Morgan fingerprint density at radius 3 is 2.46 bits per heavy atom. The summed E-state index contributed by atoms with van der Waals surface area (Å²) in [4.78, 5) is 0. The number of aromatic nitrogens is 2. The predicted octanol–water partition coefficient (Wildman–Crippen LogP) is 5.19. The Balaban J connectivity index is 1.60. The van der Waals surface area contributed by atoms with E-state index in [1.165, 1.54) is 28.9 Å². The monoisotopic (exact) mass is 498 g/mol. The van der Waals surface area contributed by atoms with Gasteiger partial charge < -0.3 is 0 Å². The van der Waals surface area contributed by atoms with E-state index in [0.29, 0.717) is 17.8 Å². The molecule has 3 aromatic carbocycles. The van der Waals surface area contributed by atoms with Crippen LogP contribution in [0.2, 0.25) is 0 Å². The Kier molecular flexibility index (Phi) is 5.26. The fourth-order valence-corrected chi connectivity index (χ4v) is 5.01. The molecule has 0 amide bonds. The van der Waals surface area contributed by atoms with Crippen molar-refractivity contribution >= 4 is 32.7 Å². The van der Waals surface area contributed by atoms with Crippen molar-refractivity contribution in [2.45, 2.75) is 24.9 Å². The number of benzene rings is 3. The number of fused-ring (bicyclic) bond motifs is 3. The Morgan fingerprint density at radius 2 is 1.77 bits per heavy atom. The second-order valence-electron chi connectivity index (χ2n) is 8.81. The van der Waals surface area contributed by atoms with E-state index in [1.807, 2.05) is 55.5 Å². The molecule has 0 saturated carbocycles. The molecule has 1 unspecified atom stereocenters. The zero-order chi connectivity index (χ0) is 25.0. The molecule has 0 fully saturated rings. The summed E-state index contributed by atoms with van der Waals surface area (Å²) in [5.41, 5.74) is 1.22. The van der Waals surface area contributed by atoms with Crippen molar-refractivity contribution in [3.05, 3.63) is 95.3 Å². The van der Waals surface area contributed by atoms with Crippen molar-refractivity contribution in [1.82, 2.24) is 9.78 Å². The molecule has 1 atom stereocenters. The van der Waals surface area contributed by atoms with Gasteiger partial charge in [0.1, 0.15) is 0 Å². The van der Waals surface area contributed by atoms with Crippen LogP contribution in [0.5, 0.6) is 0 Å². The molecular weight excluding hydrogens is 477 g/mol. The van der Waals surface area contributed by atoms with Crippen LogP contribution in [0.4, 0.5) is 18.9 Å². The first kappa shape index (κ1) is 23.1. The zero-order valence-electron chi connectivity index (χ0n) is 18.5. The minimum atomic E-state index is -4.63. The number of allylic oxidation sites excluding steroid dienone is 1. The molecule has 0 spiro atoms. The van der Waals surface area contributed by atoms with Crippen LogP contribution in [0.15, 0.2) is 72.8 Å². The average Bonchev–Trinajstić information content (AvgIpc) is 3.25. The van der Waals surface area contributed by atoms with E-state index in [9.17, 15) is 21.6 Å². The first-order valence-corrected chi connectivity index (χ1v) is 12.3. The highest BCUT2D eigenvalue weighted by Crippen LogP contribution is 2.41. The van der Waals surface area contributed by atoms with Gasteiger partial charge in [0.2, 0.25) is 0 Å². The van der Waals surface area contributed by atoms with Crippen LogP contribution in [-0.4, -0.2) is 18.2 Å². The molecule has 35 heavy (non-hydrogen) atoms. The first-order valence-electron chi connectivity index (χ1n) is 10.7. The number of alkyl halides is 3. The lowest BCUT2D eigenvalue weighted by Crippen LogP contribution is -2.28. The maximum atomic E-state index is 13.7. The van der Waals surface area contributed by atoms with E-state index in [1.54, 1.807) is 0 Å². The molecule has 1 aromatic heterocycles. The maximum Gasteiger partial charge on any atom is 0.435 e. The molecule has 10 heteroatoms. The third-order valence-corrected chi connectivity index (χ3v) is 6.71. The van der Waals surface area contributed by atoms with Crippen molar-refractivity contribution in [1.29, 1.82) is 0 Å². The van der Waals surface area contributed by atoms with Crippen molar-refractivity contribution in [3.63, 3.8) is 0 Å². The van der Waals surface area contributed by atoms with Gasteiger partial charge in [-0.2, -0.15) is 26.7 Å². The third-order valence-electron chi connectivity index (χ3n) is 6.19. The van der Waals surface area contributed by atoms with Gasteiger partial charge in [-0.1, -0.05) is 55.5 Å².